The number of fused-ring (bicyclic) bond motifs is 1. The Kier molecular flexibility index (Phi) is 6.72. The molecule has 2 saturated carbocycles. The van der Waals surface area contributed by atoms with Crippen molar-refractivity contribution in [1.82, 2.24) is 19.7 Å². The van der Waals surface area contributed by atoms with Crippen LogP contribution in [0.15, 0.2) is 54.9 Å². The molecule has 0 bridgehead atoms. The second-order valence-electron chi connectivity index (χ2n) is 13.4. The minimum absolute atomic E-state index is 0.0272. The number of carbonyl (C=O) groups is 2. The van der Waals surface area contributed by atoms with E-state index in [0.717, 1.165) is 25.3 Å². The van der Waals surface area contributed by atoms with Gasteiger partial charge in [0.1, 0.15) is 23.6 Å². The highest BCUT2D eigenvalue weighted by Crippen LogP contribution is 2.68. The zero-order valence-corrected chi connectivity index (χ0v) is 26.1. The Hall–Kier alpha value is -5.25. The lowest BCUT2D eigenvalue weighted by molar-refractivity contribution is -0.138. The fraction of sp³-hybridized carbons (Fsp3) is 0.353. The summed E-state index contributed by atoms with van der Waals surface area (Å²) in [5.41, 5.74) is 0.00540. The molecule has 1 aliphatic heterocycles. The maximum atomic E-state index is 14.0. The topological polar surface area (TPSA) is 117 Å². The van der Waals surface area contributed by atoms with E-state index < -0.39 is 29.3 Å². The van der Waals surface area contributed by atoms with E-state index in [9.17, 15) is 28.0 Å². The molecule has 0 radical (unpaired) electrons. The Labute approximate surface area is 268 Å². The van der Waals surface area contributed by atoms with Crippen molar-refractivity contribution in [2.45, 2.75) is 64.4 Å². The number of alkyl halides is 3. The quantitative estimate of drug-likeness (QED) is 0.233. The number of pyridine rings is 1. The highest BCUT2D eigenvalue weighted by Gasteiger charge is 2.67. The molecule has 1 atom stereocenters. The summed E-state index contributed by atoms with van der Waals surface area (Å²) in [6, 6.07) is 13.8. The Bertz CT molecular complexity index is 2000. The van der Waals surface area contributed by atoms with Crippen molar-refractivity contribution in [1.29, 1.82) is 5.26 Å². The molecule has 3 aliphatic rings. The van der Waals surface area contributed by atoms with Crippen molar-refractivity contribution in [2.75, 3.05) is 9.80 Å². The van der Waals surface area contributed by atoms with Gasteiger partial charge in [-0.1, -0.05) is 6.07 Å². The van der Waals surface area contributed by atoms with Crippen LogP contribution in [-0.4, -0.2) is 43.4 Å². The summed E-state index contributed by atoms with van der Waals surface area (Å²) < 4.78 is 49.5. The van der Waals surface area contributed by atoms with E-state index in [2.05, 4.69) is 16.3 Å². The highest BCUT2D eigenvalue weighted by molar-refractivity contribution is 6.10. The van der Waals surface area contributed by atoms with Crippen LogP contribution in [0.4, 0.5) is 29.6 Å². The van der Waals surface area contributed by atoms with Crippen LogP contribution in [0.1, 0.15) is 67.1 Å². The van der Waals surface area contributed by atoms with Crippen molar-refractivity contribution in [2.24, 2.45) is 12.5 Å². The van der Waals surface area contributed by atoms with Gasteiger partial charge >= 0.3 is 12.3 Å². The van der Waals surface area contributed by atoms with Crippen molar-refractivity contribution in [3.8, 4) is 28.6 Å². The summed E-state index contributed by atoms with van der Waals surface area (Å²) in [6.07, 6.45) is -1.09. The number of nitriles is 1. The van der Waals surface area contributed by atoms with E-state index >= 15 is 0 Å². The number of ether oxygens (including phenoxy) is 1. The number of anilines is 2. The van der Waals surface area contributed by atoms with Crippen molar-refractivity contribution >= 4 is 23.6 Å². The molecule has 2 fully saturated rings. The first-order valence-corrected chi connectivity index (χ1v) is 15.1. The molecule has 240 valence electrons. The van der Waals surface area contributed by atoms with Gasteiger partial charge in [0, 0.05) is 24.2 Å². The smallest absolute Gasteiger partial charge is 0.416 e. The van der Waals surface area contributed by atoms with Crippen LogP contribution in [0, 0.1) is 16.7 Å². The van der Waals surface area contributed by atoms with E-state index in [1.54, 1.807) is 62.7 Å². The number of rotatable bonds is 5. The molecule has 4 aromatic rings. The van der Waals surface area contributed by atoms with Crippen LogP contribution >= 0.6 is 0 Å². The normalized spacial score (nSPS) is 17.8. The monoisotopic (exact) mass is 641 g/mol. The van der Waals surface area contributed by atoms with Crippen LogP contribution in [0.5, 0.6) is 0 Å². The first-order valence-electron chi connectivity index (χ1n) is 15.1. The summed E-state index contributed by atoms with van der Waals surface area (Å²) in [6.45, 7) is 4.92. The summed E-state index contributed by atoms with van der Waals surface area (Å²) >= 11 is 0. The number of carbonyl (C=O) groups excluding carboxylic acids is 2. The number of hydrogen-bond donors (Lipinski definition) is 0. The molecule has 2 aromatic heterocycles. The molecule has 47 heavy (non-hydrogen) atoms. The Balaban J connectivity index is 1.43. The standard InChI is InChI=1S/C34H30F3N7O3/c1-32(2,3)47-31(46)44(26-15-33(26)10-11-33)28-14-20(23-12-19(16-38)8-9-21(23)29-41-39-18-42(29)4)13-27(40-28)43-17-24-22(30(43)45)6-5-7-25(24)34(35,36)37/h5-9,12-14,18,26H,10-11,15,17H2,1-4H3. The molecular weight excluding hydrogens is 611 g/mol. The molecule has 0 N–H and O–H groups in total. The van der Waals surface area contributed by atoms with Crippen molar-refractivity contribution in [3.63, 3.8) is 0 Å². The zero-order valence-electron chi connectivity index (χ0n) is 26.1. The van der Waals surface area contributed by atoms with Crippen molar-refractivity contribution in [3.05, 3.63) is 77.1 Å². The predicted octanol–water partition coefficient (Wildman–Crippen LogP) is 6.89. The molecule has 2 aliphatic carbocycles. The van der Waals surface area contributed by atoms with Crippen molar-refractivity contribution < 1.29 is 27.5 Å². The number of nitrogens with zero attached hydrogens (tertiary/aromatic N) is 7. The molecule has 7 rings (SSSR count). The van der Waals surface area contributed by atoms with Gasteiger partial charge in [0.2, 0.25) is 0 Å². The van der Waals surface area contributed by atoms with E-state index in [-0.39, 0.29) is 40.8 Å². The number of hydrogen-bond acceptors (Lipinski definition) is 7. The molecule has 0 saturated heterocycles. The van der Waals surface area contributed by atoms with E-state index in [1.165, 1.54) is 28.3 Å². The second kappa shape index (κ2) is 10.4. The van der Waals surface area contributed by atoms with Crippen LogP contribution < -0.4 is 9.80 Å². The maximum absolute atomic E-state index is 14.0. The van der Waals surface area contributed by atoms with Crippen LogP contribution in [0.2, 0.25) is 0 Å². The van der Waals surface area contributed by atoms with Gasteiger partial charge in [0.15, 0.2) is 5.82 Å². The van der Waals surface area contributed by atoms with Crippen LogP contribution in [0.3, 0.4) is 0 Å². The fourth-order valence-corrected chi connectivity index (χ4v) is 6.36. The summed E-state index contributed by atoms with van der Waals surface area (Å²) in [4.78, 5) is 35.0. The lowest BCUT2D eigenvalue weighted by atomic mass is 9.97. The minimum atomic E-state index is -4.66. The molecule has 2 aromatic carbocycles. The average Bonchev–Trinajstić information content (AvgIpc) is 3.85. The molecule has 10 nitrogen and oxygen atoms in total. The summed E-state index contributed by atoms with van der Waals surface area (Å²) in [5.74, 6) is 0.0886. The SMILES string of the molecule is Cn1cnnc1-c1ccc(C#N)cc1-c1cc(N2Cc3c(cccc3C(F)(F)F)C2=O)nc(N(C(=O)OC(C)(C)C)C2CC23CC3)c1. The molecule has 1 spiro atoms. The van der Waals surface area contributed by atoms with E-state index in [0.29, 0.717) is 28.1 Å². The lowest BCUT2D eigenvalue weighted by Crippen LogP contribution is -2.40. The second-order valence-corrected chi connectivity index (χ2v) is 13.4. The number of aromatic nitrogens is 4. The molecule has 13 heteroatoms. The molecule has 3 heterocycles. The largest absolute Gasteiger partial charge is 0.443 e. The van der Waals surface area contributed by atoms with Gasteiger partial charge in [-0.05, 0) is 105 Å². The Morgan fingerprint density at radius 3 is 2.47 bits per heavy atom. The number of benzene rings is 2. The van der Waals surface area contributed by atoms with Gasteiger partial charge in [-0.2, -0.15) is 18.4 Å². The van der Waals surface area contributed by atoms with Gasteiger partial charge in [-0.25, -0.2) is 9.78 Å². The molecular formula is C34H30F3N7O3. The summed E-state index contributed by atoms with van der Waals surface area (Å²) in [7, 11) is 1.77. The minimum Gasteiger partial charge on any atom is -0.443 e. The van der Waals surface area contributed by atoms with Crippen LogP contribution in [-0.2, 0) is 24.5 Å². The average molecular weight is 642 g/mol. The van der Waals surface area contributed by atoms with Gasteiger partial charge in [0.25, 0.3) is 5.91 Å². The third-order valence-corrected chi connectivity index (χ3v) is 8.95. The van der Waals surface area contributed by atoms with E-state index in [1.807, 2.05) is 0 Å². The number of amides is 2. The fourth-order valence-electron chi connectivity index (χ4n) is 6.36. The van der Waals surface area contributed by atoms with Gasteiger partial charge in [-0.3, -0.25) is 14.6 Å². The van der Waals surface area contributed by atoms with Crippen LogP contribution in [0.25, 0.3) is 22.5 Å². The van der Waals surface area contributed by atoms with Gasteiger partial charge in [0.05, 0.1) is 23.7 Å². The lowest BCUT2D eigenvalue weighted by Gasteiger charge is -2.28. The zero-order chi connectivity index (χ0) is 33.5. The first-order chi connectivity index (χ1) is 22.2. The summed E-state index contributed by atoms with van der Waals surface area (Å²) in [5, 5.41) is 18.0. The maximum Gasteiger partial charge on any atom is 0.416 e. The van der Waals surface area contributed by atoms with Gasteiger partial charge < -0.3 is 9.30 Å². The Morgan fingerprint density at radius 2 is 1.85 bits per heavy atom. The predicted molar refractivity (Wildman–Crippen MR) is 165 cm³/mol. The first kappa shape index (κ1) is 30.4. The van der Waals surface area contributed by atoms with E-state index in [4.69, 9.17) is 9.72 Å². The third kappa shape index (κ3) is 5.37. The third-order valence-electron chi connectivity index (χ3n) is 8.95. The molecule has 2 amide bonds. The Morgan fingerprint density at radius 1 is 1.09 bits per heavy atom. The number of aryl methyl sites for hydroxylation is 1. The number of halogens is 3. The van der Waals surface area contributed by atoms with Gasteiger partial charge in [-0.15, -0.1) is 10.2 Å². The highest BCUT2D eigenvalue weighted by atomic mass is 19.4. The molecule has 1 unspecified atom stereocenters.